The van der Waals surface area contributed by atoms with Gasteiger partial charge in [0, 0.05) is 14.7 Å². The molecule has 0 unspecified atom stereocenters. The maximum Gasteiger partial charge on any atom is 0.0630 e. The Hall–Kier alpha value is -1.46. The molecule has 0 saturated heterocycles. The third kappa shape index (κ3) is 3.35. The molecule has 1 nitrogen and oxygen atoms in total. The first-order valence-corrected chi connectivity index (χ1v) is 8.21. The third-order valence-corrected chi connectivity index (χ3v) is 4.52. The fourth-order valence-electron chi connectivity index (χ4n) is 1.89. The number of benzene rings is 2. The topological polar surface area (TPSA) is 12.4 Å². The lowest BCUT2D eigenvalue weighted by Gasteiger charge is -1.99. The normalized spacial score (nSPS) is 11.1. The van der Waals surface area contributed by atoms with E-state index in [0.717, 1.165) is 11.3 Å². The predicted octanol–water partition coefficient (Wildman–Crippen LogP) is 5.77. The lowest BCUT2D eigenvalue weighted by Crippen LogP contribution is -1.81. The van der Waals surface area contributed by atoms with E-state index in [4.69, 9.17) is 0 Å². The molecule has 0 spiro atoms. The standard InChI is InChI=1S/C17H12INS/c18-15-6-8-16(9-7-15)19-12-13-3-1-4-14(11-13)17-5-2-10-20-17/h1-12H. The second kappa shape index (κ2) is 6.33. The molecule has 0 N–H and O–H groups in total. The van der Waals surface area contributed by atoms with Crippen LogP contribution in [0, 0.1) is 3.57 Å². The number of hydrogen-bond acceptors (Lipinski definition) is 2. The zero-order chi connectivity index (χ0) is 13.8. The SMILES string of the molecule is Ic1ccc(N=Cc2cccc(-c3cccs3)c2)cc1. The van der Waals surface area contributed by atoms with Crippen molar-refractivity contribution in [3.05, 3.63) is 75.2 Å². The van der Waals surface area contributed by atoms with Gasteiger partial charge in [0.15, 0.2) is 0 Å². The van der Waals surface area contributed by atoms with Gasteiger partial charge in [-0.3, -0.25) is 4.99 Å². The summed E-state index contributed by atoms with van der Waals surface area (Å²) in [5.41, 5.74) is 3.34. The van der Waals surface area contributed by atoms with Crippen LogP contribution in [0.5, 0.6) is 0 Å². The van der Waals surface area contributed by atoms with Crippen LogP contribution < -0.4 is 0 Å². The Kier molecular flexibility index (Phi) is 4.28. The number of aliphatic imine (C=N–C) groups is 1. The van der Waals surface area contributed by atoms with Crippen LogP contribution in [-0.2, 0) is 0 Å². The largest absolute Gasteiger partial charge is 0.256 e. The monoisotopic (exact) mass is 389 g/mol. The van der Waals surface area contributed by atoms with Crippen molar-refractivity contribution in [3.63, 3.8) is 0 Å². The Morgan fingerprint density at radius 2 is 1.80 bits per heavy atom. The highest BCUT2D eigenvalue weighted by molar-refractivity contribution is 14.1. The molecule has 0 radical (unpaired) electrons. The number of halogens is 1. The average molecular weight is 389 g/mol. The van der Waals surface area contributed by atoms with Crippen LogP contribution in [0.1, 0.15) is 5.56 Å². The van der Waals surface area contributed by atoms with Gasteiger partial charge < -0.3 is 0 Å². The van der Waals surface area contributed by atoms with Crippen molar-refractivity contribution in [3.8, 4) is 10.4 Å². The van der Waals surface area contributed by atoms with Crippen molar-refractivity contribution in [1.29, 1.82) is 0 Å². The van der Waals surface area contributed by atoms with E-state index >= 15 is 0 Å². The summed E-state index contributed by atoms with van der Waals surface area (Å²) in [4.78, 5) is 5.80. The van der Waals surface area contributed by atoms with Gasteiger partial charge in [-0.15, -0.1) is 11.3 Å². The fourth-order valence-corrected chi connectivity index (χ4v) is 2.97. The van der Waals surface area contributed by atoms with E-state index in [2.05, 4.69) is 81.5 Å². The molecule has 3 heteroatoms. The Morgan fingerprint density at radius 1 is 0.950 bits per heavy atom. The maximum atomic E-state index is 4.52. The molecule has 0 bridgehead atoms. The summed E-state index contributed by atoms with van der Waals surface area (Å²) in [6, 6.07) is 20.9. The van der Waals surface area contributed by atoms with Crippen molar-refractivity contribution in [2.45, 2.75) is 0 Å². The van der Waals surface area contributed by atoms with Crippen molar-refractivity contribution in [2.24, 2.45) is 4.99 Å². The molecule has 0 aliphatic heterocycles. The predicted molar refractivity (Wildman–Crippen MR) is 96.2 cm³/mol. The molecule has 98 valence electrons. The zero-order valence-corrected chi connectivity index (χ0v) is 13.6. The molecule has 1 aromatic heterocycles. The summed E-state index contributed by atoms with van der Waals surface area (Å²) in [7, 11) is 0. The molecule has 0 aliphatic carbocycles. The number of thiophene rings is 1. The lowest BCUT2D eigenvalue weighted by molar-refractivity contribution is 1.51. The van der Waals surface area contributed by atoms with E-state index in [-0.39, 0.29) is 0 Å². The molecule has 3 aromatic rings. The average Bonchev–Trinajstić information content (AvgIpc) is 3.01. The van der Waals surface area contributed by atoms with E-state index in [0.29, 0.717) is 0 Å². The molecule has 2 aromatic carbocycles. The maximum absolute atomic E-state index is 4.52. The summed E-state index contributed by atoms with van der Waals surface area (Å²) < 4.78 is 1.22. The highest BCUT2D eigenvalue weighted by Gasteiger charge is 1.98. The van der Waals surface area contributed by atoms with Gasteiger partial charge in [0.05, 0.1) is 5.69 Å². The molecule has 0 fully saturated rings. The molecule has 0 atom stereocenters. The minimum absolute atomic E-state index is 0.979. The van der Waals surface area contributed by atoms with E-state index in [1.807, 2.05) is 18.3 Å². The van der Waals surface area contributed by atoms with E-state index in [9.17, 15) is 0 Å². The van der Waals surface area contributed by atoms with Gasteiger partial charge in [0.1, 0.15) is 0 Å². The highest BCUT2D eigenvalue weighted by atomic mass is 127. The smallest absolute Gasteiger partial charge is 0.0630 e. The van der Waals surface area contributed by atoms with Gasteiger partial charge in [-0.25, -0.2) is 0 Å². The molecular weight excluding hydrogens is 377 g/mol. The van der Waals surface area contributed by atoms with Crippen LogP contribution in [0.2, 0.25) is 0 Å². The van der Waals surface area contributed by atoms with E-state index < -0.39 is 0 Å². The molecule has 3 rings (SSSR count). The highest BCUT2D eigenvalue weighted by Crippen LogP contribution is 2.25. The first-order valence-electron chi connectivity index (χ1n) is 6.25. The van der Waals surface area contributed by atoms with Crippen LogP contribution >= 0.6 is 33.9 Å². The van der Waals surface area contributed by atoms with Crippen LogP contribution in [0.4, 0.5) is 5.69 Å². The first-order chi connectivity index (χ1) is 9.81. The second-order valence-electron chi connectivity index (χ2n) is 4.34. The van der Waals surface area contributed by atoms with Crippen molar-refractivity contribution >= 4 is 45.8 Å². The Labute approximate surface area is 136 Å². The van der Waals surface area contributed by atoms with Crippen LogP contribution in [0.25, 0.3) is 10.4 Å². The summed E-state index contributed by atoms with van der Waals surface area (Å²) in [5.74, 6) is 0. The second-order valence-corrected chi connectivity index (χ2v) is 6.53. The van der Waals surface area contributed by atoms with Gasteiger partial charge >= 0.3 is 0 Å². The van der Waals surface area contributed by atoms with E-state index in [1.54, 1.807) is 11.3 Å². The fraction of sp³-hybridized carbons (Fsp3) is 0. The Balaban J connectivity index is 1.84. The van der Waals surface area contributed by atoms with Crippen LogP contribution in [-0.4, -0.2) is 6.21 Å². The molecule has 0 amide bonds. The van der Waals surface area contributed by atoms with Gasteiger partial charge in [0.25, 0.3) is 0 Å². The summed E-state index contributed by atoms with van der Waals surface area (Å²) in [6.07, 6.45) is 1.92. The van der Waals surface area contributed by atoms with Crippen LogP contribution in [0.15, 0.2) is 71.0 Å². The first kappa shape index (κ1) is 13.5. The molecular formula is C17H12INS. The zero-order valence-electron chi connectivity index (χ0n) is 10.7. The summed E-state index contributed by atoms with van der Waals surface area (Å²) in [6.45, 7) is 0. The van der Waals surface area contributed by atoms with Crippen LogP contribution in [0.3, 0.4) is 0 Å². The minimum Gasteiger partial charge on any atom is -0.256 e. The van der Waals surface area contributed by atoms with Gasteiger partial charge in [-0.1, -0.05) is 24.3 Å². The minimum atomic E-state index is 0.979. The Bertz CT molecular complexity index is 715. The van der Waals surface area contributed by atoms with Crippen molar-refractivity contribution in [1.82, 2.24) is 0 Å². The number of nitrogens with zero attached hydrogens (tertiary/aromatic N) is 1. The quantitative estimate of drug-likeness (QED) is 0.398. The van der Waals surface area contributed by atoms with Gasteiger partial charge in [-0.05, 0) is 75.5 Å². The molecule has 0 saturated carbocycles. The third-order valence-electron chi connectivity index (χ3n) is 2.88. The molecule has 1 heterocycles. The summed E-state index contributed by atoms with van der Waals surface area (Å²) in [5, 5.41) is 2.10. The van der Waals surface area contributed by atoms with Crippen molar-refractivity contribution in [2.75, 3.05) is 0 Å². The molecule has 0 aliphatic rings. The van der Waals surface area contributed by atoms with Crippen molar-refractivity contribution < 1.29 is 0 Å². The number of rotatable bonds is 3. The lowest BCUT2D eigenvalue weighted by atomic mass is 10.1. The molecule has 20 heavy (non-hydrogen) atoms. The van der Waals surface area contributed by atoms with Gasteiger partial charge in [-0.2, -0.15) is 0 Å². The van der Waals surface area contributed by atoms with Gasteiger partial charge in [0.2, 0.25) is 0 Å². The number of hydrogen-bond donors (Lipinski definition) is 0. The van der Waals surface area contributed by atoms with E-state index in [1.165, 1.54) is 14.0 Å². The summed E-state index contributed by atoms with van der Waals surface area (Å²) >= 11 is 4.05. The Morgan fingerprint density at radius 3 is 2.55 bits per heavy atom.